The molecule has 0 radical (unpaired) electrons. The van der Waals surface area contributed by atoms with Gasteiger partial charge in [-0.3, -0.25) is 9.48 Å². The van der Waals surface area contributed by atoms with Crippen molar-refractivity contribution in [3.05, 3.63) is 17.0 Å². The molecule has 0 aliphatic heterocycles. The van der Waals surface area contributed by atoms with Crippen LogP contribution in [0.2, 0.25) is 0 Å². The highest BCUT2D eigenvalue weighted by atomic mass is 16.1. The Morgan fingerprint density at radius 1 is 1.50 bits per heavy atom. The summed E-state index contributed by atoms with van der Waals surface area (Å²) in [7, 11) is 1.91. The third-order valence-electron chi connectivity index (χ3n) is 3.39. The molecule has 102 valence electrons. The van der Waals surface area contributed by atoms with E-state index in [2.05, 4.69) is 10.4 Å². The van der Waals surface area contributed by atoms with Gasteiger partial charge in [-0.25, -0.2) is 0 Å². The van der Waals surface area contributed by atoms with Crippen LogP contribution in [0.3, 0.4) is 0 Å². The fourth-order valence-electron chi connectivity index (χ4n) is 1.98. The molecule has 1 aromatic rings. The van der Waals surface area contributed by atoms with Crippen LogP contribution in [-0.4, -0.2) is 22.2 Å². The van der Waals surface area contributed by atoms with Crippen molar-refractivity contribution in [2.75, 3.05) is 6.54 Å². The standard InChI is InChI=1S/C13H24N4O/c1-9(6-5-7-14)13(18)15-8-12-10(2)16-17(4)11(12)3/h9H,5-8,14H2,1-4H3,(H,15,18). The lowest BCUT2D eigenvalue weighted by molar-refractivity contribution is -0.124. The molecule has 18 heavy (non-hydrogen) atoms. The Morgan fingerprint density at radius 2 is 2.17 bits per heavy atom. The molecule has 0 fully saturated rings. The van der Waals surface area contributed by atoms with Gasteiger partial charge in [0.05, 0.1) is 5.69 Å². The molecule has 5 heteroatoms. The van der Waals surface area contributed by atoms with Gasteiger partial charge in [-0.2, -0.15) is 5.10 Å². The van der Waals surface area contributed by atoms with E-state index < -0.39 is 0 Å². The molecule has 3 N–H and O–H groups in total. The highest BCUT2D eigenvalue weighted by Gasteiger charge is 2.14. The maximum absolute atomic E-state index is 11.9. The van der Waals surface area contributed by atoms with E-state index in [0.29, 0.717) is 13.1 Å². The number of amides is 1. The number of aryl methyl sites for hydroxylation is 2. The van der Waals surface area contributed by atoms with Gasteiger partial charge < -0.3 is 11.1 Å². The summed E-state index contributed by atoms with van der Waals surface area (Å²) in [5.41, 5.74) is 8.63. The molecule has 1 unspecified atom stereocenters. The zero-order valence-corrected chi connectivity index (χ0v) is 11.8. The monoisotopic (exact) mass is 252 g/mol. The van der Waals surface area contributed by atoms with Gasteiger partial charge in [-0.05, 0) is 33.2 Å². The van der Waals surface area contributed by atoms with Crippen molar-refractivity contribution >= 4 is 5.91 Å². The zero-order chi connectivity index (χ0) is 13.7. The smallest absolute Gasteiger partial charge is 0.223 e. The highest BCUT2D eigenvalue weighted by molar-refractivity contribution is 5.78. The van der Waals surface area contributed by atoms with Crippen molar-refractivity contribution in [2.24, 2.45) is 18.7 Å². The third kappa shape index (κ3) is 3.57. The minimum absolute atomic E-state index is 0.0193. The molecular weight excluding hydrogens is 228 g/mol. The normalized spacial score (nSPS) is 12.5. The molecule has 0 saturated carbocycles. The lowest BCUT2D eigenvalue weighted by atomic mass is 10.0. The first-order valence-corrected chi connectivity index (χ1v) is 6.44. The van der Waals surface area contributed by atoms with Crippen LogP contribution in [0, 0.1) is 19.8 Å². The number of rotatable bonds is 6. The van der Waals surface area contributed by atoms with Gasteiger partial charge in [0, 0.05) is 30.8 Å². The van der Waals surface area contributed by atoms with Crippen molar-refractivity contribution in [1.29, 1.82) is 0 Å². The first-order valence-electron chi connectivity index (χ1n) is 6.44. The Balaban J connectivity index is 2.52. The average Bonchev–Trinajstić information content (AvgIpc) is 2.58. The summed E-state index contributed by atoms with van der Waals surface area (Å²) in [4.78, 5) is 11.9. The number of carbonyl (C=O) groups excluding carboxylic acids is 1. The van der Waals surface area contributed by atoms with E-state index >= 15 is 0 Å². The number of nitrogens with zero attached hydrogens (tertiary/aromatic N) is 2. The van der Waals surface area contributed by atoms with Gasteiger partial charge in [0.15, 0.2) is 0 Å². The maximum atomic E-state index is 11.9. The van der Waals surface area contributed by atoms with Gasteiger partial charge in [0.2, 0.25) is 5.91 Å². The van der Waals surface area contributed by atoms with Crippen LogP contribution in [0.5, 0.6) is 0 Å². The van der Waals surface area contributed by atoms with Crippen LogP contribution in [0.1, 0.15) is 36.7 Å². The molecular formula is C13H24N4O. The number of hydrogen-bond acceptors (Lipinski definition) is 3. The van der Waals surface area contributed by atoms with E-state index in [1.165, 1.54) is 0 Å². The van der Waals surface area contributed by atoms with Crippen molar-refractivity contribution in [3.8, 4) is 0 Å². The van der Waals surface area contributed by atoms with Gasteiger partial charge in [0.1, 0.15) is 0 Å². The lowest BCUT2D eigenvalue weighted by Crippen LogP contribution is -2.29. The first kappa shape index (κ1) is 14.7. The Labute approximate surface area is 109 Å². The van der Waals surface area contributed by atoms with E-state index in [1.807, 2.05) is 32.5 Å². The summed E-state index contributed by atoms with van der Waals surface area (Å²) < 4.78 is 1.84. The van der Waals surface area contributed by atoms with Crippen LogP contribution < -0.4 is 11.1 Å². The maximum Gasteiger partial charge on any atom is 0.223 e. The third-order valence-corrected chi connectivity index (χ3v) is 3.39. The molecule has 5 nitrogen and oxygen atoms in total. The zero-order valence-electron chi connectivity index (χ0n) is 11.8. The van der Waals surface area contributed by atoms with Crippen LogP contribution in [0.25, 0.3) is 0 Å². The fourth-order valence-corrected chi connectivity index (χ4v) is 1.98. The molecule has 0 aliphatic carbocycles. The topological polar surface area (TPSA) is 72.9 Å². The molecule has 0 spiro atoms. The van der Waals surface area contributed by atoms with Crippen LogP contribution in [0.4, 0.5) is 0 Å². The first-order chi connectivity index (χ1) is 8.47. The molecule has 1 atom stereocenters. The van der Waals surface area contributed by atoms with Gasteiger partial charge in [0.25, 0.3) is 0 Å². The Hall–Kier alpha value is -1.36. The fraction of sp³-hybridized carbons (Fsp3) is 0.692. The molecule has 0 saturated heterocycles. The Bertz CT molecular complexity index is 411. The predicted molar refractivity (Wildman–Crippen MR) is 72.0 cm³/mol. The van der Waals surface area contributed by atoms with Gasteiger partial charge >= 0.3 is 0 Å². The number of carbonyl (C=O) groups is 1. The predicted octanol–water partition coefficient (Wildman–Crippen LogP) is 1.03. The van der Waals surface area contributed by atoms with E-state index in [9.17, 15) is 4.79 Å². The lowest BCUT2D eigenvalue weighted by Gasteiger charge is -2.11. The van der Waals surface area contributed by atoms with Crippen molar-refractivity contribution in [3.63, 3.8) is 0 Å². The molecule has 1 amide bonds. The quantitative estimate of drug-likeness (QED) is 0.794. The molecule has 1 rings (SSSR count). The summed E-state index contributed by atoms with van der Waals surface area (Å²) in [6.45, 7) is 7.11. The van der Waals surface area contributed by atoms with Crippen molar-refractivity contribution < 1.29 is 4.79 Å². The minimum Gasteiger partial charge on any atom is -0.352 e. The summed E-state index contributed by atoms with van der Waals surface area (Å²) in [6.07, 6.45) is 1.73. The number of aromatic nitrogens is 2. The second-order valence-electron chi connectivity index (χ2n) is 4.82. The largest absolute Gasteiger partial charge is 0.352 e. The second kappa shape index (κ2) is 6.54. The van der Waals surface area contributed by atoms with E-state index in [4.69, 9.17) is 5.73 Å². The Kier molecular flexibility index (Phi) is 5.34. The summed E-state index contributed by atoms with van der Waals surface area (Å²) in [6, 6.07) is 0. The summed E-state index contributed by atoms with van der Waals surface area (Å²) >= 11 is 0. The molecule has 0 aliphatic rings. The number of nitrogens with one attached hydrogen (secondary N) is 1. The van der Waals surface area contributed by atoms with Gasteiger partial charge in [-0.15, -0.1) is 0 Å². The van der Waals surface area contributed by atoms with E-state index in [-0.39, 0.29) is 11.8 Å². The molecule has 0 aromatic carbocycles. The van der Waals surface area contributed by atoms with Crippen LogP contribution >= 0.6 is 0 Å². The van der Waals surface area contributed by atoms with Crippen molar-refractivity contribution in [2.45, 2.75) is 40.2 Å². The molecule has 1 aromatic heterocycles. The average molecular weight is 252 g/mol. The Morgan fingerprint density at radius 3 is 2.67 bits per heavy atom. The van der Waals surface area contributed by atoms with Gasteiger partial charge in [-0.1, -0.05) is 6.92 Å². The SMILES string of the molecule is Cc1nn(C)c(C)c1CNC(=O)C(C)CCCN. The van der Waals surface area contributed by atoms with Crippen LogP contribution in [-0.2, 0) is 18.4 Å². The number of hydrogen-bond donors (Lipinski definition) is 2. The molecule has 0 bridgehead atoms. The number of nitrogens with two attached hydrogens (primary N) is 1. The minimum atomic E-state index is 0.0193. The van der Waals surface area contributed by atoms with E-state index in [1.54, 1.807) is 0 Å². The molecule has 1 heterocycles. The summed E-state index contributed by atoms with van der Waals surface area (Å²) in [5.74, 6) is 0.108. The summed E-state index contributed by atoms with van der Waals surface area (Å²) in [5, 5.41) is 7.30. The second-order valence-corrected chi connectivity index (χ2v) is 4.82. The van der Waals surface area contributed by atoms with E-state index in [0.717, 1.165) is 29.8 Å². The highest BCUT2D eigenvalue weighted by Crippen LogP contribution is 2.12. The van der Waals surface area contributed by atoms with Crippen LogP contribution in [0.15, 0.2) is 0 Å². The van der Waals surface area contributed by atoms with Crippen molar-refractivity contribution in [1.82, 2.24) is 15.1 Å².